The Morgan fingerprint density at radius 1 is 1.07 bits per heavy atom. The molecule has 0 radical (unpaired) electrons. The summed E-state index contributed by atoms with van der Waals surface area (Å²) in [6.07, 6.45) is 0. The van der Waals surface area contributed by atoms with Gasteiger partial charge in [-0.25, -0.2) is 9.67 Å². The molecular formula is C18H15Cl2N5O2. The molecular weight excluding hydrogens is 389 g/mol. The molecule has 138 valence electrons. The molecule has 9 heteroatoms. The van der Waals surface area contributed by atoms with Gasteiger partial charge in [0.15, 0.2) is 5.82 Å². The van der Waals surface area contributed by atoms with Crippen LogP contribution in [0.15, 0.2) is 36.4 Å². The molecule has 0 unspecified atom stereocenters. The smallest absolute Gasteiger partial charge is 0.275 e. The van der Waals surface area contributed by atoms with Crippen molar-refractivity contribution in [3.8, 4) is 5.82 Å². The highest BCUT2D eigenvalue weighted by Gasteiger charge is 2.16. The topological polar surface area (TPSA) is 103 Å². The molecule has 27 heavy (non-hydrogen) atoms. The Morgan fingerprint density at radius 2 is 1.81 bits per heavy atom. The molecule has 3 N–H and O–H groups in total. The van der Waals surface area contributed by atoms with Gasteiger partial charge < -0.3 is 11.1 Å². The minimum atomic E-state index is -0.653. The quantitative estimate of drug-likeness (QED) is 0.694. The Kier molecular flexibility index (Phi) is 5.16. The number of nitrogens with one attached hydrogen (secondary N) is 1. The average Bonchev–Trinajstić information content (AvgIpc) is 2.93. The largest absolute Gasteiger partial charge is 0.366 e. The number of nitrogens with two attached hydrogens (primary N) is 1. The van der Waals surface area contributed by atoms with E-state index in [1.165, 1.54) is 18.2 Å². The fourth-order valence-electron chi connectivity index (χ4n) is 2.55. The highest BCUT2D eigenvalue weighted by Crippen LogP contribution is 2.23. The summed E-state index contributed by atoms with van der Waals surface area (Å²) in [5.41, 5.74) is 7.51. The number of pyridine rings is 1. The summed E-state index contributed by atoms with van der Waals surface area (Å²) in [4.78, 5) is 28.2. The number of primary amides is 1. The lowest BCUT2D eigenvalue weighted by molar-refractivity contribution is 0.0998. The lowest BCUT2D eigenvalue weighted by Gasteiger charge is -2.10. The van der Waals surface area contributed by atoms with Gasteiger partial charge in [-0.1, -0.05) is 23.2 Å². The molecule has 0 aliphatic rings. The SMILES string of the molecule is Cc1cc(C)n(-c2ccc(Cl)c(C(=O)Nc3ccc(C(N)=O)c(Cl)c3)n2)n1. The summed E-state index contributed by atoms with van der Waals surface area (Å²) in [6, 6.07) is 9.54. The van der Waals surface area contributed by atoms with Crippen molar-refractivity contribution < 1.29 is 9.59 Å². The number of hydrogen-bond donors (Lipinski definition) is 2. The van der Waals surface area contributed by atoms with Gasteiger partial charge in [0.2, 0.25) is 5.91 Å². The molecule has 7 nitrogen and oxygen atoms in total. The maximum Gasteiger partial charge on any atom is 0.275 e. The Bertz CT molecular complexity index is 1060. The number of aryl methyl sites for hydroxylation is 2. The van der Waals surface area contributed by atoms with Gasteiger partial charge in [0.05, 0.1) is 21.3 Å². The van der Waals surface area contributed by atoms with Crippen LogP contribution >= 0.6 is 23.2 Å². The van der Waals surface area contributed by atoms with E-state index in [9.17, 15) is 9.59 Å². The van der Waals surface area contributed by atoms with Crippen LogP contribution in [0.4, 0.5) is 5.69 Å². The summed E-state index contributed by atoms with van der Waals surface area (Å²) in [7, 11) is 0. The van der Waals surface area contributed by atoms with E-state index in [1.54, 1.807) is 16.8 Å². The van der Waals surface area contributed by atoms with Crippen LogP contribution in [0.25, 0.3) is 5.82 Å². The van der Waals surface area contributed by atoms with Gasteiger partial charge in [-0.15, -0.1) is 0 Å². The van der Waals surface area contributed by atoms with E-state index in [0.717, 1.165) is 11.4 Å². The highest BCUT2D eigenvalue weighted by atomic mass is 35.5. The summed E-state index contributed by atoms with van der Waals surface area (Å²) < 4.78 is 1.63. The van der Waals surface area contributed by atoms with Crippen molar-refractivity contribution in [2.24, 2.45) is 5.73 Å². The third-order valence-electron chi connectivity index (χ3n) is 3.77. The second kappa shape index (κ2) is 7.38. The zero-order valence-corrected chi connectivity index (χ0v) is 16.0. The number of carbonyl (C=O) groups is 2. The Labute approximate surface area is 165 Å². The Hall–Kier alpha value is -2.90. The highest BCUT2D eigenvalue weighted by molar-refractivity contribution is 6.35. The van der Waals surface area contributed by atoms with Crippen LogP contribution < -0.4 is 11.1 Å². The van der Waals surface area contributed by atoms with Crippen molar-refractivity contribution >= 4 is 40.7 Å². The number of nitrogens with zero attached hydrogens (tertiary/aromatic N) is 3. The van der Waals surface area contributed by atoms with E-state index in [2.05, 4.69) is 15.4 Å². The van der Waals surface area contributed by atoms with Gasteiger partial charge in [0, 0.05) is 11.4 Å². The first kappa shape index (κ1) is 18.9. The first-order valence-electron chi connectivity index (χ1n) is 7.87. The summed E-state index contributed by atoms with van der Waals surface area (Å²) in [5.74, 6) is -0.705. The number of rotatable bonds is 4. The normalized spacial score (nSPS) is 10.7. The minimum Gasteiger partial charge on any atom is -0.366 e. The van der Waals surface area contributed by atoms with E-state index in [-0.39, 0.29) is 21.3 Å². The molecule has 0 atom stereocenters. The average molecular weight is 404 g/mol. The van der Waals surface area contributed by atoms with Gasteiger partial charge in [-0.05, 0) is 50.2 Å². The predicted molar refractivity (Wildman–Crippen MR) is 104 cm³/mol. The molecule has 2 amide bonds. The first-order chi connectivity index (χ1) is 12.8. The van der Waals surface area contributed by atoms with Gasteiger partial charge in [-0.2, -0.15) is 5.10 Å². The molecule has 0 fully saturated rings. The third-order valence-corrected chi connectivity index (χ3v) is 4.38. The van der Waals surface area contributed by atoms with Crippen molar-refractivity contribution in [2.75, 3.05) is 5.32 Å². The number of hydrogen-bond acceptors (Lipinski definition) is 4. The van der Waals surface area contributed by atoms with Gasteiger partial charge in [0.25, 0.3) is 5.91 Å². The van der Waals surface area contributed by atoms with Crippen LogP contribution in [0.2, 0.25) is 10.0 Å². The third kappa shape index (κ3) is 3.94. The van der Waals surface area contributed by atoms with E-state index in [0.29, 0.717) is 11.5 Å². The Morgan fingerprint density at radius 3 is 2.41 bits per heavy atom. The molecule has 0 bridgehead atoms. The molecule has 0 aliphatic carbocycles. The molecule has 3 aromatic rings. The molecule has 2 aromatic heterocycles. The molecule has 3 rings (SSSR count). The maximum atomic E-state index is 12.6. The number of carbonyl (C=O) groups excluding carboxylic acids is 2. The zero-order chi connectivity index (χ0) is 19.7. The van der Waals surface area contributed by atoms with Crippen molar-refractivity contribution in [3.63, 3.8) is 0 Å². The number of halogens is 2. The van der Waals surface area contributed by atoms with Crippen molar-refractivity contribution in [1.82, 2.24) is 14.8 Å². The molecule has 0 spiro atoms. The van der Waals surface area contributed by atoms with Crippen LogP contribution in [0, 0.1) is 13.8 Å². The number of anilines is 1. The molecule has 0 saturated carbocycles. The fourth-order valence-corrected chi connectivity index (χ4v) is 3.02. The fraction of sp³-hybridized carbons (Fsp3) is 0.111. The molecule has 2 heterocycles. The summed E-state index contributed by atoms with van der Waals surface area (Å²) >= 11 is 12.2. The van der Waals surface area contributed by atoms with Crippen molar-refractivity contribution in [2.45, 2.75) is 13.8 Å². The number of amides is 2. The van der Waals surface area contributed by atoms with Gasteiger partial charge >= 0.3 is 0 Å². The van der Waals surface area contributed by atoms with E-state index in [1.807, 2.05) is 19.9 Å². The second-order valence-corrected chi connectivity index (χ2v) is 6.67. The second-order valence-electron chi connectivity index (χ2n) is 5.85. The molecule has 0 aliphatic heterocycles. The molecule has 0 saturated heterocycles. The maximum absolute atomic E-state index is 12.6. The van der Waals surface area contributed by atoms with Crippen LogP contribution in [0.1, 0.15) is 32.2 Å². The number of benzene rings is 1. The number of aromatic nitrogens is 3. The van der Waals surface area contributed by atoms with Crippen LogP contribution in [-0.2, 0) is 0 Å². The van der Waals surface area contributed by atoms with E-state index < -0.39 is 11.8 Å². The monoisotopic (exact) mass is 403 g/mol. The Balaban J connectivity index is 1.91. The minimum absolute atomic E-state index is 0.0387. The van der Waals surface area contributed by atoms with Crippen LogP contribution in [-0.4, -0.2) is 26.6 Å². The van der Waals surface area contributed by atoms with Gasteiger partial charge in [-0.3, -0.25) is 9.59 Å². The lowest BCUT2D eigenvalue weighted by atomic mass is 10.2. The summed E-state index contributed by atoms with van der Waals surface area (Å²) in [5, 5.41) is 7.33. The van der Waals surface area contributed by atoms with Crippen molar-refractivity contribution in [1.29, 1.82) is 0 Å². The zero-order valence-electron chi connectivity index (χ0n) is 14.5. The van der Waals surface area contributed by atoms with Crippen molar-refractivity contribution in [3.05, 3.63) is 69.1 Å². The van der Waals surface area contributed by atoms with E-state index >= 15 is 0 Å². The lowest BCUT2D eigenvalue weighted by Crippen LogP contribution is -2.17. The van der Waals surface area contributed by atoms with Crippen LogP contribution in [0.3, 0.4) is 0 Å². The van der Waals surface area contributed by atoms with Crippen LogP contribution in [0.5, 0.6) is 0 Å². The standard InChI is InChI=1S/C18H15Cl2N5O2/c1-9-7-10(2)25(24-9)15-6-5-13(19)16(23-15)18(27)22-11-3-4-12(17(21)26)14(20)8-11/h3-8H,1-2H3,(H2,21,26)(H,22,27). The van der Waals surface area contributed by atoms with Gasteiger partial charge in [0.1, 0.15) is 5.69 Å². The van der Waals surface area contributed by atoms with E-state index in [4.69, 9.17) is 28.9 Å². The predicted octanol–water partition coefficient (Wildman–Crippen LogP) is 3.54. The summed E-state index contributed by atoms with van der Waals surface area (Å²) in [6.45, 7) is 3.75. The first-order valence-corrected chi connectivity index (χ1v) is 8.62. The molecule has 1 aromatic carbocycles.